The third kappa shape index (κ3) is 5.30. The Morgan fingerprint density at radius 3 is 2.50 bits per heavy atom. The summed E-state index contributed by atoms with van der Waals surface area (Å²) in [7, 11) is 3.04. The molecule has 1 N–H and O–H groups in total. The van der Waals surface area contributed by atoms with E-state index >= 15 is 0 Å². The summed E-state index contributed by atoms with van der Waals surface area (Å²) in [6, 6.07) is 8.90. The molecule has 0 aliphatic heterocycles. The molecule has 0 saturated carbocycles. The van der Waals surface area contributed by atoms with Gasteiger partial charge in [0, 0.05) is 29.3 Å². The van der Waals surface area contributed by atoms with Crippen LogP contribution in [0.1, 0.15) is 5.69 Å². The van der Waals surface area contributed by atoms with Gasteiger partial charge in [-0.25, -0.2) is 4.98 Å². The normalized spacial score (nSPS) is 10.4. The van der Waals surface area contributed by atoms with Gasteiger partial charge in [-0.15, -0.1) is 22.7 Å². The molecule has 9 heteroatoms. The molecule has 3 aromatic rings. The Balaban J connectivity index is 1.50. The lowest BCUT2D eigenvalue weighted by Gasteiger charge is -2.10. The van der Waals surface area contributed by atoms with Gasteiger partial charge in [-0.1, -0.05) is 6.07 Å². The number of hydrogen-bond acceptors (Lipinski definition) is 8. The number of thiazole rings is 1. The van der Waals surface area contributed by atoms with Crippen molar-refractivity contribution in [3.05, 3.63) is 46.8 Å². The number of hydrogen-bond donors (Lipinski definition) is 1. The van der Waals surface area contributed by atoms with Crippen molar-refractivity contribution < 1.29 is 23.8 Å². The number of methoxy groups -OCH3 is 2. The molecule has 7 nitrogen and oxygen atoms in total. The molecule has 0 bridgehead atoms. The number of benzene rings is 1. The number of anilines is 1. The lowest BCUT2D eigenvalue weighted by molar-refractivity contribution is -0.146. The molecule has 1 aromatic carbocycles. The lowest BCUT2D eigenvalue weighted by atomic mass is 10.2. The molecule has 2 heterocycles. The fourth-order valence-electron chi connectivity index (χ4n) is 2.32. The molecule has 0 radical (unpaired) electrons. The lowest BCUT2D eigenvalue weighted by Crippen LogP contribution is -2.21. The summed E-state index contributed by atoms with van der Waals surface area (Å²) in [6.45, 7) is -0.389. The van der Waals surface area contributed by atoms with Gasteiger partial charge >= 0.3 is 5.97 Å². The molecular formula is C19H18N2O5S2. The van der Waals surface area contributed by atoms with Gasteiger partial charge in [0.2, 0.25) is 0 Å². The zero-order chi connectivity index (χ0) is 19.9. The highest BCUT2D eigenvalue weighted by atomic mass is 32.1. The summed E-state index contributed by atoms with van der Waals surface area (Å²) in [5, 5.41) is 7.30. The van der Waals surface area contributed by atoms with Crippen LogP contribution in [0.15, 0.2) is 41.1 Å². The van der Waals surface area contributed by atoms with Crippen LogP contribution in [0.4, 0.5) is 5.69 Å². The highest BCUT2D eigenvalue weighted by Gasteiger charge is 2.13. The van der Waals surface area contributed by atoms with Crippen molar-refractivity contribution in [3.8, 4) is 21.4 Å². The predicted molar refractivity (Wildman–Crippen MR) is 108 cm³/mol. The maximum atomic E-state index is 12.0. The standard InChI is InChI=1S/C19H18N2O5S2/c1-24-14-6-12(7-15(9-14)25-2)20-17(22)10-26-18(23)8-13-11-28-19(21-13)16-4-3-5-27-16/h3-7,9,11H,8,10H2,1-2H3,(H,20,22). The number of aromatic nitrogens is 1. The minimum Gasteiger partial charge on any atom is -0.497 e. The van der Waals surface area contributed by atoms with Crippen LogP contribution < -0.4 is 14.8 Å². The predicted octanol–water partition coefficient (Wildman–Crippen LogP) is 3.61. The minimum atomic E-state index is -0.513. The van der Waals surface area contributed by atoms with E-state index in [9.17, 15) is 9.59 Å². The Morgan fingerprint density at radius 2 is 1.86 bits per heavy atom. The van der Waals surface area contributed by atoms with Crippen LogP contribution in [0.25, 0.3) is 9.88 Å². The topological polar surface area (TPSA) is 86.8 Å². The average Bonchev–Trinajstić information content (AvgIpc) is 3.37. The Morgan fingerprint density at radius 1 is 1.11 bits per heavy atom. The molecule has 2 aromatic heterocycles. The Hall–Kier alpha value is -2.91. The molecule has 0 atom stereocenters. The number of esters is 1. The van der Waals surface area contributed by atoms with E-state index in [4.69, 9.17) is 14.2 Å². The molecule has 0 aliphatic rings. The molecule has 3 rings (SSSR count). The Bertz CT molecular complexity index is 931. The number of nitrogens with one attached hydrogen (secondary N) is 1. The maximum Gasteiger partial charge on any atom is 0.312 e. The average molecular weight is 418 g/mol. The molecule has 0 spiro atoms. The van der Waals surface area contributed by atoms with Gasteiger partial charge in [-0.2, -0.15) is 0 Å². The molecule has 146 valence electrons. The first-order chi connectivity index (χ1) is 13.6. The van der Waals surface area contributed by atoms with E-state index in [0.29, 0.717) is 22.9 Å². The number of amides is 1. The van der Waals surface area contributed by atoms with E-state index in [1.807, 2.05) is 22.9 Å². The quantitative estimate of drug-likeness (QED) is 0.563. The van der Waals surface area contributed by atoms with Crippen LogP contribution in [0.3, 0.4) is 0 Å². The highest BCUT2D eigenvalue weighted by Crippen LogP contribution is 2.28. The van der Waals surface area contributed by atoms with Crippen molar-refractivity contribution in [2.24, 2.45) is 0 Å². The van der Waals surface area contributed by atoms with Crippen LogP contribution in [0.5, 0.6) is 11.5 Å². The van der Waals surface area contributed by atoms with E-state index < -0.39 is 11.9 Å². The van der Waals surface area contributed by atoms with Crippen LogP contribution in [-0.4, -0.2) is 37.7 Å². The van der Waals surface area contributed by atoms with Crippen LogP contribution in [0, 0.1) is 0 Å². The van der Waals surface area contributed by atoms with Crippen molar-refractivity contribution >= 4 is 40.2 Å². The highest BCUT2D eigenvalue weighted by molar-refractivity contribution is 7.20. The Kier molecular flexibility index (Phi) is 6.62. The van der Waals surface area contributed by atoms with Gasteiger partial charge in [0.25, 0.3) is 5.91 Å². The number of carbonyl (C=O) groups is 2. The monoisotopic (exact) mass is 418 g/mol. The van der Waals surface area contributed by atoms with Crippen LogP contribution in [0.2, 0.25) is 0 Å². The molecule has 28 heavy (non-hydrogen) atoms. The summed E-state index contributed by atoms with van der Waals surface area (Å²) in [4.78, 5) is 29.5. The Labute approximate surface area is 169 Å². The van der Waals surface area contributed by atoms with Crippen molar-refractivity contribution in [2.45, 2.75) is 6.42 Å². The van der Waals surface area contributed by atoms with E-state index in [1.54, 1.807) is 29.5 Å². The second-order valence-electron chi connectivity index (χ2n) is 5.61. The first-order valence-corrected chi connectivity index (χ1v) is 10.00. The van der Waals surface area contributed by atoms with Gasteiger partial charge < -0.3 is 19.5 Å². The van der Waals surface area contributed by atoms with E-state index in [0.717, 1.165) is 9.88 Å². The van der Waals surface area contributed by atoms with E-state index in [-0.39, 0.29) is 13.0 Å². The second kappa shape index (κ2) is 9.34. The number of nitrogens with zero attached hydrogens (tertiary/aromatic N) is 1. The SMILES string of the molecule is COc1cc(NC(=O)COC(=O)Cc2csc(-c3cccs3)n2)cc(OC)c1. The van der Waals surface area contributed by atoms with Gasteiger partial charge in [-0.05, 0) is 11.4 Å². The third-order valence-electron chi connectivity index (χ3n) is 3.61. The molecule has 0 saturated heterocycles. The number of rotatable bonds is 8. The van der Waals surface area contributed by atoms with Gasteiger partial charge in [0.05, 0.1) is 31.2 Å². The number of ether oxygens (including phenoxy) is 3. The summed E-state index contributed by atoms with van der Waals surface area (Å²) < 4.78 is 15.3. The van der Waals surface area contributed by atoms with Crippen molar-refractivity contribution in [3.63, 3.8) is 0 Å². The first-order valence-electron chi connectivity index (χ1n) is 8.24. The number of carbonyl (C=O) groups excluding carboxylic acids is 2. The fraction of sp³-hybridized carbons (Fsp3) is 0.211. The summed E-state index contributed by atoms with van der Waals surface area (Å²) >= 11 is 3.06. The maximum absolute atomic E-state index is 12.0. The van der Waals surface area contributed by atoms with E-state index in [1.165, 1.54) is 25.6 Å². The molecule has 0 unspecified atom stereocenters. The summed E-state index contributed by atoms with van der Waals surface area (Å²) in [6.07, 6.45) is 0.0160. The van der Waals surface area contributed by atoms with Crippen molar-refractivity contribution in [1.82, 2.24) is 4.98 Å². The summed E-state index contributed by atoms with van der Waals surface area (Å²) in [5.74, 6) is 0.107. The van der Waals surface area contributed by atoms with Crippen molar-refractivity contribution in [2.75, 3.05) is 26.1 Å². The minimum absolute atomic E-state index is 0.0160. The summed E-state index contributed by atoms with van der Waals surface area (Å²) in [5.41, 5.74) is 1.11. The smallest absolute Gasteiger partial charge is 0.312 e. The second-order valence-corrected chi connectivity index (χ2v) is 7.41. The zero-order valence-electron chi connectivity index (χ0n) is 15.3. The van der Waals surface area contributed by atoms with Crippen LogP contribution >= 0.6 is 22.7 Å². The molecule has 0 aliphatic carbocycles. The van der Waals surface area contributed by atoms with E-state index in [2.05, 4.69) is 10.3 Å². The van der Waals surface area contributed by atoms with Gasteiger partial charge in [0.1, 0.15) is 16.5 Å². The first kappa shape index (κ1) is 19.8. The molecular weight excluding hydrogens is 400 g/mol. The third-order valence-corrected chi connectivity index (χ3v) is 5.54. The van der Waals surface area contributed by atoms with Crippen LogP contribution in [-0.2, 0) is 20.7 Å². The van der Waals surface area contributed by atoms with Crippen molar-refractivity contribution in [1.29, 1.82) is 0 Å². The fourth-order valence-corrected chi connectivity index (χ4v) is 3.96. The largest absolute Gasteiger partial charge is 0.497 e. The molecule has 0 fully saturated rings. The van der Waals surface area contributed by atoms with Gasteiger partial charge in [0.15, 0.2) is 6.61 Å². The number of thiophene rings is 1. The molecule has 1 amide bonds. The van der Waals surface area contributed by atoms with Gasteiger partial charge in [-0.3, -0.25) is 9.59 Å². The zero-order valence-corrected chi connectivity index (χ0v) is 16.9.